The topological polar surface area (TPSA) is 52.1 Å². The number of hydrogen-bond acceptors (Lipinski definition) is 4. The van der Waals surface area contributed by atoms with Crippen molar-refractivity contribution in [1.82, 2.24) is 9.97 Å². The van der Waals surface area contributed by atoms with Gasteiger partial charge in [-0.2, -0.15) is 0 Å². The van der Waals surface area contributed by atoms with Gasteiger partial charge in [-0.25, -0.2) is 9.97 Å². The van der Waals surface area contributed by atoms with E-state index in [0.29, 0.717) is 20.8 Å². The van der Waals surface area contributed by atoms with Crippen LogP contribution < -0.4 is 0 Å². The molecule has 3 aromatic rings. The van der Waals surface area contributed by atoms with E-state index in [1.807, 2.05) is 0 Å². The number of rotatable bonds is 0. The Morgan fingerprint density at radius 1 is 0.857 bits per heavy atom. The summed E-state index contributed by atoms with van der Waals surface area (Å²) in [4.78, 5) is 9.15. The fourth-order valence-corrected chi connectivity index (χ4v) is 2.02. The van der Waals surface area contributed by atoms with Gasteiger partial charge in [-0.15, -0.1) is 0 Å². The second-order valence-corrected chi connectivity index (χ2v) is 4.08. The van der Waals surface area contributed by atoms with E-state index in [2.05, 4.69) is 41.8 Å². The molecule has 0 saturated carbocycles. The first-order valence-electron chi connectivity index (χ1n) is 3.74. The molecule has 0 spiro atoms. The van der Waals surface area contributed by atoms with E-state index >= 15 is 0 Å². The molecule has 6 heteroatoms. The summed E-state index contributed by atoms with van der Waals surface area (Å²) in [5.74, 6) is 0. The molecule has 0 aliphatic rings. The molecule has 2 aromatic heterocycles. The van der Waals surface area contributed by atoms with Crippen LogP contribution in [0.4, 0.5) is 0 Å². The molecule has 0 radical (unpaired) electrons. The van der Waals surface area contributed by atoms with Crippen LogP contribution in [-0.2, 0) is 0 Å². The molecule has 0 aliphatic carbocycles. The maximum atomic E-state index is 5.29. The lowest BCUT2D eigenvalue weighted by atomic mass is 10.3. The highest BCUT2D eigenvalue weighted by atomic mass is 79.9. The van der Waals surface area contributed by atoms with Crippen molar-refractivity contribution in [3.05, 3.63) is 21.7 Å². The highest BCUT2D eigenvalue weighted by molar-refractivity contribution is 9.10. The predicted molar refractivity (Wildman–Crippen MR) is 57.0 cm³/mol. The van der Waals surface area contributed by atoms with Gasteiger partial charge in [-0.05, 0) is 0 Å². The summed E-state index contributed by atoms with van der Waals surface area (Å²) < 4.78 is 10.6. The van der Waals surface area contributed by atoms with Crippen LogP contribution in [0.2, 0.25) is 0 Å². The third-order valence-electron chi connectivity index (χ3n) is 1.85. The van der Waals surface area contributed by atoms with Crippen molar-refractivity contribution in [2.75, 3.05) is 0 Å². The molecule has 0 bridgehead atoms. The lowest BCUT2D eigenvalue weighted by Gasteiger charge is -1.84. The zero-order valence-electron chi connectivity index (χ0n) is 6.62. The Balaban J connectivity index is 2.49. The smallest absolute Gasteiger partial charge is 0.265 e. The first-order valence-corrected chi connectivity index (χ1v) is 5.33. The Hall–Kier alpha value is -0.880. The van der Waals surface area contributed by atoms with E-state index in [0.717, 1.165) is 11.0 Å². The largest absolute Gasteiger partial charge is 0.431 e. The summed E-state index contributed by atoms with van der Waals surface area (Å²) in [6.45, 7) is 0. The van der Waals surface area contributed by atoms with E-state index in [1.54, 1.807) is 12.1 Å². The Bertz CT molecular complexity index is 526. The summed E-state index contributed by atoms with van der Waals surface area (Å²) >= 11 is 6.32. The van der Waals surface area contributed by atoms with E-state index in [4.69, 9.17) is 8.83 Å². The molecule has 2 heterocycles. The molecule has 0 saturated heterocycles. The number of halogens is 2. The summed E-state index contributed by atoms with van der Waals surface area (Å²) in [5, 5.41) is 0. The van der Waals surface area contributed by atoms with Crippen molar-refractivity contribution in [3.63, 3.8) is 0 Å². The van der Waals surface area contributed by atoms with Crippen molar-refractivity contribution in [2.45, 2.75) is 0 Å². The SMILES string of the molecule is Brc1nc2cc3oc(Br)nc3cc2o1. The number of benzene rings is 1. The van der Waals surface area contributed by atoms with E-state index in [1.165, 1.54) is 0 Å². The van der Waals surface area contributed by atoms with Gasteiger partial charge in [0.25, 0.3) is 9.60 Å². The molecule has 0 atom stereocenters. The Labute approximate surface area is 94.6 Å². The molecular weight excluding hydrogens is 316 g/mol. The van der Waals surface area contributed by atoms with E-state index in [-0.39, 0.29) is 0 Å². The van der Waals surface area contributed by atoms with Crippen molar-refractivity contribution in [3.8, 4) is 0 Å². The van der Waals surface area contributed by atoms with Crippen molar-refractivity contribution in [2.24, 2.45) is 0 Å². The second kappa shape index (κ2) is 2.80. The number of aromatic nitrogens is 2. The molecule has 70 valence electrons. The van der Waals surface area contributed by atoms with Gasteiger partial charge < -0.3 is 8.83 Å². The van der Waals surface area contributed by atoms with Gasteiger partial charge in [0, 0.05) is 44.0 Å². The molecule has 0 amide bonds. The monoisotopic (exact) mass is 316 g/mol. The average molecular weight is 318 g/mol. The van der Waals surface area contributed by atoms with Gasteiger partial charge in [-0.1, -0.05) is 0 Å². The van der Waals surface area contributed by atoms with Gasteiger partial charge in [0.1, 0.15) is 11.0 Å². The van der Waals surface area contributed by atoms with Crippen LogP contribution in [0, 0.1) is 0 Å². The minimum Gasteiger partial charge on any atom is -0.431 e. The van der Waals surface area contributed by atoms with Crippen LogP contribution in [0.1, 0.15) is 0 Å². The molecule has 0 fully saturated rings. The minimum atomic E-state index is 0.458. The highest BCUT2D eigenvalue weighted by Crippen LogP contribution is 2.26. The number of oxazole rings is 2. The van der Waals surface area contributed by atoms with Crippen molar-refractivity contribution in [1.29, 1.82) is 0 Å². The lowest BCUT2D eigenvalue weighted by molar-refractivity contribution is 0.569. The van der Waals surface area contributed by atoms with Gasteiger partial charge >= 0.3 is 0 Å². The molecule has 0 N–H and O–H groups in total. The summed E-state index contributed by atoms with van der Waals surface area (Å²) in [6.07, 6.45) is 0. The van der Waals surface area contributed by atoms with Crippen LogP contribution in [-0.4, -0.2) is 9.97 Å². The molecule has 3 rings (SSSR count). The van der Waals surface area contributed by atoms with Crippen LogP contribution in [0.25, 0.3) is 22.2 Å². The fourth-order valence-electron chi connectivity index (χ4n) is 1.29. The zero-order valence-corrected chi connectivity index (χ0v) is 9.79. The van der Waals surface area contributed by atoms with Crippen molar-refractivity contribution >= 4 is 54.1 Å². The van der Waals surface area contributed by atoms with Crippen molar-refractivity contribution < 1.29 is 8.83 Å². The standard InChI is InChI=1S/C8H2Br2N2O2/c9-7-11-3-1-5-4(2-6(3)14-7)12-8(10)13-5/h1-2H. The predicted octanol–water partition coefficient (Wildman–Crippen LogP) is 3.49. The molecule has 4 nitrogen and oxygen atoms in total. The van der Waals surface area contributed by atoms with Crippen LogP contribution in [0.5, 0.6) is 0 Å². The number of hydrogen-bond donors (Lipinski definition) is 0. The Morgan fingerprint density at radius 2 is 1.29 bits per heavy atom. The zero-order chi connectivity index (χ0) is 9.71. The van der Waals surface area contributed by atoms with E-state index in [9.17, 15) is 0 Å². The molecule has 0 unspecified atom stereocenters. The third kappa shape index (κ3) is 1.18. The average Bonchev–Trinajstić information content (AvgIpc) is 2.59. The summed E-state index contributed by atoms with van der Waals surface area (Å²) in [7, 11) is 0. The van der Waals surface area contributed by atoms with Crippen LogP contribution in [0.15, 0.2) is 30.6 Å². The van der Waals surface area contributed by atoms with Gasteiger partial charge in [0.2, 0.25) is 0 Å². The molecular formula is C8H2Br2N2O2. The summed E-state index contributed by atoms with van der Waals surface area (Å²) in [6, 6.07) is 3.58. The number of fused-ring (bicyclic) bond motifs is 2. The molecule has 0 aliphatic heterocycles. The first kappa shape index (κ1) is 8.43. The maximum absolute atomic E-state index is 5.29. The Morgan fingerprint density at radius 3 is 1.71 bits per heavy atom. The lowest BCUT2D eigenvalue weighted by Crippen LogP contribution is -1.69. The number of nitrogens with zero attached hydrogens (tertiary/aromatic N) is 2. The maximum Gasteiger partial charge on any atom is 0.265 e. The minimum absolute atomic E-state index is 0.458. The summed E-state index contributed by atoms with van der Waals surface area (Å²) in [5.41, 5.74) is 2.86. The molecule has 14 heavy (non-hydrogen) atoms. The van der Waals surface area contributed by atoms with Gasteiger partial charge in [0.15, 0.2) is 11.2 Å². The van der Waals surface area contributed by atoms with Crippen LogP contribution in [0.3, 0.4) is 0 Å². The van der Waals surface area contributed by atoms with E-state index < -0.39 is 0 Å². The second-order valence-electron chi connectivity index (χ2n) is 2.72. The van der Waals surface area contributed by atoms with Gasteiger partial charge in [0.05, 0.1) is 0 Å². The van der Waals surface area contributed by atoms with Crippen LogP contribution >= 0.6 is 31.9 Å². The quantitative estimate of drug-likeness (QED) is 0.637. The highest BCUT2D eigenvalue weighted by Gasteiger charge is 2.09. The van der Waals surface area contributed by atoms with Gasteiger partial charge in [-0.3, -0.25) is 0 Å². The normalized spacial score (nSPS) is 11.6. The molecule has 1 aromatic carbocycles. The third-order valence-corrected chi connectivity index (χ3v) is 2.52. The fraction of sp³-hybridized carbons (Fsp3) is 0. The first-order chi connectivity index (χ1) is 6.72. The Kier molecular flexibility index (Phi) is 1.69.